The summed E-state index contributed by atoms with van der Waals surface area (Å²) in [7, 11) is 0. The molecule has 3 fully saturated rings. The van der Waals surface area contributed by atoms with Crippen LogP contribution in [0.2, 0.25) is 0 Å². The fraction of sp³-hybridized carbons (Fsp3) is 0.884. The van der Waals surface area contributed by atoms with E-state index in [0.29, 0.717) is 6.42 Å². The highest BCUT2D eigenvalue weighted by molar-refractivity contribution is 5.73. The van der Waals surface area contributed by atoms with Gasteiger partial charge in [0.2, 0.25) is 5.91 Å². The Kier molecular flexibility index (Phi) is 26.2. The second-order valence-corrected chi connectivity index (χ2v) is 16.6. The van der Waals surface area contributed by atoms with Crippen LogP contribution in [-0.4, -0.2) is 193 Å². The standard InChI is InChI=1S/C43H77NO18/c1-3-4-5-6-7-8-9-10-11-12-13-14-15-16-17-18-19-20-21-28(49)27(44-26(2)48)25-57-41-37(55)34(52)39(30(23-46)59-41)62-43-38(56)35(53)40(31(24-47)60-43)61-42-36(54)33(51)32(50)29(22-45)58-42/h16-17,20-21,27-43,45-47,49-56H,3-15,18-19,22-25H2,1-2H3,(H,44,48)/b17-16+,21-20+. The Morgan fingerprint density at radius 3 is 1.52 bits per heavy atom. The molecule has 0 aromatic carbocycles. The molecule has 3 rings (SSSR count). The quantitative estimate of drug-likeness (QED) is 0.0326. The number of hydrogen-bond donors (Lipinski definition) is 12. The number of unbranched alkanes of at least 4 members (excludes halogenated alkanes) is 13. The lowest BCUT2D eigenvalue weighted by Crippen LogP contribution is -2.66. The molecule has 3 saturated heterocycles. The first-order valence-corrected chi connectivity index (χ1v) is 22.5. The third kappa shape index (κ3) is 17.2. The van der Waals surface area contributed by atoms with Crippen molar-refractivity contribution in [2.24, 2.45) is 0 Å². The summed E-state index contributed by atoms with van der Waals surface area (Å²) in [5, 5.41) is 118. The van der Waals surface area contributed by atoms with Crippen LogP contribution >= 0.6 is 0 Å². The molecular formula is C43H77NO18. The van der Waals surface area contributed by atoms with Crippen LogP contribution < -0.4 is 5.32 Å². The Bertz CT molecular complexity index is 1260. The maximum absolute atomic E-state index is 12.0. The minimum absolute atomic E-state index is 0.382. The molecule has 0 spiro atoms. The van der Waals surface area contributed by atoms with Crippen molar-refractivity contribution in [3.63, 3.8) is 0 Å². The van der Waals surface area contributed by atoms with E-state index in [2.05, 4.69) is 24.4 Å². The number of aliphatic hydroxyl groups is 11. The molecule has 17 atom stereocenters. The molecular weight excluding hydrogens is 818 g/mol. The van der Waals surface area contributed by atoms with E-state index in [9.17, 15) is 61.0 Å². The molecule has 0 aromatic heterocycles. The van der Waals surface area contributed by atoms with Crippen molar-refractivity contribution in [3.05, 3.63) is 24.3 Å². The van der Waals surface area contributed by atoms with Crippen LogP contribution in [0, 0.1) is 0 Å². The predicted molar refractivity (Wildman–Crippen MR) is 222 cm³/mol. The molecule has 17 unspecified atom stereocenters. The van der Waals surface area contributed by atoms with E-state index in [-0.39, 0.29) is 6.61 Å². The maximum atomic E-state index is 12.0. The van der Waals surface area contributed by atoms with Crippen molar-refractivity contribution in [1.29, 1.82) is 0 Å². The van der Waals surface area contributed by atoms with E-state index in [4.69, 9.17) is 28.4 Å². The molecule has 0 bridgehead atoms. The SMILES string of the molecule is CCCCCCCCCCCCCC/C=C/CC/C=C/C(O)C(COC1OC(CO)C(OC2OC(CO)C(OC3OC(CO)C(O)C(O)C3O)C(O)C2O)C(O)C1O)NC(C)=O. The Balaban J connectivity index is 1.44. The minimum Gasteiger partial charge on any atom is -0.394 e. The second-order valence-electron chi connectivity index (χ2n) is 16.6. The number of allylic oxidation sites excluding steroid dienone is 3. The van der Waals surface area contributed by atoms with Crippen molar-refractivity contribution < 1.29 is 89.4 Å². The summed E-state index contributed by atoms with van der Waals surface area (Å²) in [5.41, 5.74) is 0. The summed E-state index contributed by atoms with van der Waals surface area (Å²) < 4.78 is 33.5. The Labute approximate surface area is 365 Å². The largest absolute Gasteiger partial charge is 0.394 e. The van der Waals surface area contributed by atoms with Gasteiger partial charge in [-0.05, 0) is 25.7 Å². The predicted octanol–water partition coefficient (Wildman–Crippen LogP) is -0.699. The van der Waals surface area contributed by atoms with Gasteiger partial charge in [-0.25, -0.2) is 0 Å². The van der Waals surface area contributed by atoms with Crippen molar-refractivity contribution in [1.82, 2.24) is 5.32 Å². The van der Waals surface area contributed by atoms with Gasteiger partial charge in [0.25, 0.3) is 0 Å². The van der Waals surface area contributed by atoms with Crippen LogP contribution in [0.4, 0.5) is 0 Å². The Hall–Kier alpha value is -1.73. The number of amides is 1. The number of nitrogens with one attached hydrogen (secondary N) is 1. The number of carbonyl (C=O) groups excluding carboxylic acids is 1. The van der Waals surface area contributed by atoms with Crippen molar-refractivity contribution in [3.8, 4) is 0 Å². The molecule has 3 aliphatic heterocycles. The first-order chi connectivity index (χ1) is 29.8. The highest BCUT2D eigenvalue weighted by Gasteiger charge is 2.53. The summed E-state index contributed by atoms with van der Waals surface area (Å²) in [6.07, 6.45) is -1.06. The van der Waals surface area contributed by atoms with Gasteiger partial charge in [0, 0.05) is 6.92 Å². The zero-order chi connectivity index (χ0) is 45.6. The van der Waals surface area contributed by atoms with E-state index in [1.54, 1.807) is 6.08 Å². The molecule has 19 heteroatoms. The zero-order valence-electron chi connectivity index (χ0n) is 36.3. The Morgan fingerprint density at radius 2 is 1.00 bits per heavy atom. The van der Waals surface area contributed by atoms with Crippen LogP contribution in [0.15, 0.2) is 24.3 Å². The molecule has 0 radical (unpaired) electrons. The number of rotatable bonds is 29. The lowest BCUT2D eigenvalue weighted by Gasteiger charge is -2.48. The summed E-state index contributed by atoms with van der Waals surface area (Å²) in [6.45, 7) is 0.691. The molecule has 1 amide bonds. The van der Waals surface area contributed by atoms with Gasteiger partial charge < -0.3 is 89.9 Å². The highest BCUT2D eigenvalue weighted by Crippen LogP contribution is 2.33. The molecule has 362 valence electrons. The van der Waals surface area contributed by atoms with Gasteiger partial charge in [0.1, 0.15) is 73.2 Å². The molecule has 0 aromatic rings. The molecule has 19 nitrogen and oxygen atoms in total. The molecule has 3 aliphatic rings. The van der Waals surface area contributed by atoms with Gasteiger partial charge in [-0.3, -0.25) is 4.79 Å². The average Bonchev–Trinajstić information content (AvgIpc) is 3.26. The molecule has 3 heterocycles. The summed E-state index contributed by atoms with van der Waals surface area (Å²) in [4.78, 5) is 12.0. The van der Waals surface area contributed by atoms with E-state index in [0.717, 1.165) is 19.3 Å². The smallest absolute Gasteiger partial charge is 0.217 e. The van der Waals surface area contributed by atoms with Crippen LogP contribution in [-0.2, 0) is 33.2 Å². The second kappa shape index (κ2) is 29.7. The fourth-order valence-electron chi connectivity index (χ4n) is 7.77. The number of hydrogen-bond acceptors (Lipinski definition) is 18. The minimum atomic E-state index is -1.97. The summed E-state index contributed by atoms with van der Waals surface area (Å²) >= 11 is 0. The summed E-state index contributed by atoms with van der Waals surface area (Å²) in [6, 6.07) is -0.986. The van der Waals surface area contributed by atoms with Crippen molar-refractivity contribution >= 4 is 5.91 Å². The third-order valence-electron chi connectivity index (χ3n) is 11.5. The van der Waals surface area contributed by atoms with Crippen molar-refractivity contribution in [2.75, 3.05) is 26.4 Å². The highest BCUT2D eigenvalue weighted by atomic mass is 16.8. The lowest BCUT2D eigenvalue weighted by molar-refractivity contribution is -0.379. The maximum Gasteiger partial charge on any atom is 0.217 e. The number of ether oxygens (including phenoxy) is 6. The van der Waals surface area contributed by atoms with Crippen LogP contribution in [0.1, 0.15) is 110 Å². The number of aliphatic hydroxyl groups excluding tert-OH is 11. The third-order valence-corrected chi connectivity index (χ3v) is 11.5. The van der Waals surface area contributed by atoms with E-state index < -0.39 is 130 Å². The molecule has 0 saturated carbocycles. The molecule has 0 aliphatic carbocycles. The van der Waals surface area contributed by atoms with Gasteiger partial charge in [-0.1, -0.05) is 102 Å². The monoisotopic (exact) mass is 896 g/mol. The van der Waals surface area contributed by atoms with Gasteiger partial charge in [0.05, 0.1) is 38.6 Å². The van der Waals surface area contributed by atoms with E-state index in [1.807, 2.05) is 0 Å². The van der Waals surface area contributed by atoms with Crippen LogP contribution in [0.5, 0.6) is 0 Å². The normalized spacial score (nSPS) is 35.4. The Morgan fingerprint density at radius 1 is 0.565 bits per heavy atom. The van der Waals surface area contributed by atoms with Gasteiger partial charge in [-0.2, -0.15) is 0 Å². The number of carbonyl (C=O) groups is 1. The van der Waals surface area contributed by atoms with Gasteiger partial charge in [-0.15, -0.1) is 0 Å². The van der Waals surface area contributed by atoms with Gasteiger partial charge >= 0.3 is 0 Å². The average molecular weight is 896 g/mol. The van der Waals surface area contributed by atoms with E-state index >= 15 is 0 Å². The lowest BCUT2D eigenvalue weighted by atomic mass is 9.96. The topological polar surface area (TPSA) is 307 Å². The summed E-state index contributed by atoms with van der Waals surface area (Å²) in [5.74, 6) is -0.464. The fourth-order valence-corrected chi connectivity index (χ4v) is 7.77. The first-order valence-electron chi connectivity index (χ1n) is 22.5. The zero-order valence-corrected chi connectivity index (χ0v) is 36.3. The van der Waals surface area contributed by atoms with Gasteiger partial charge in [0.15, 0.2) is 18.9 Å². The van der Waals surface area contributed by atoms with E-state index in [1.165, 1.54) is 83.6 Å². The van der Waals surface area contributed by atoms with Crippen LogP contribution in [0.3, 0.4) is 0 Å². The molecule has 12 N–H and O–H groups in total. The van der Waals surface area contributed by atoms with Crippen LogP contribution in [0.25, 0.3) is 0 Å². The molecule has 62 heavy (non-hydrogen) atoms. The first kappa shape index (κ1) is 54.6. The van der Waals surface area contributed by atoms with Crippen molar-refractivity contribution in [2.45, 2.75) is 214 Å².